The molecule has 3 N–H and O–H groups in total. The SMILES string of the molecule is CNc1cccc(Nc2ccc3c(c2)C(=O)NC3=O)n1. The summed E-state index contributed by atoms with van der Waals surface area (Å²) < 4.78 is 0. The van der Waals surface area contributed by atoms with Crippen molar-refractivity contribution >= 4 is 29.1 Å². The van der Waals surface area contributed by atoms with Crippen LogP contribution >= 0.6 is 0 Å². The van der Waals surface area contributed by atoms with E-state index in [1.54, 1.807) is 25.2 Å². The Bertz CT molecular complexity index is 712. The van der Waals surface area contributed by atoms with Gasteiger partial charge in [0.05, 0.1) is 11.1 Å². The van der Waals surface area contributed by atoms with E-state index in [1.165, 1.54) is 0 Å². The number of hydrogen-bond donors (Lipinski definition) is 3. The first-order valence-corrected chi connectivity index (χ1v) is 6.09. The summed E-state index contributed by atoms with van der Waals surface area (Å²) in [5.41, 5.74) is 1.48. The van der Waals surface area contributed by atoms with E-state index in [1.807, 2.05) is 18.2 Å². The van der Waals surface area contributed by atoms with Gasteiger partial charge in [-0.2, -0.15) is 0 Å². The molecule has 3 rings (SSSR count). The minimum Gasteiger partial charge on any atom is -0.373 e. The van der Waals surface area contributed by atoms with Gasteiger partial charge in [0, 0.05) is 12.7 Å². The molecule has 0 atom stereocenters. The van der Waals surface area contributed by atoms with E-state index in [4.69, 9.17) is 0 Å². The number of rotatable bonds is 3. The Morgan fingerprint density at radius 2 is 1.75 bits per heavy atom. The van der Waals surface area contributed by atoms with Crippen molar-refractivity contribution in [1.29, 1.82) is 0 Å². The number of hydrogen-bond acceptors (Lipinski definition) is 5. The molecular weight excluding hydrogens is 256 g/mol. The molecule has 6 nitrogen and oxygen atoms in total. The molecule has 6 heteroatoms. The molecule has 0 radical (unpaired) electrons. The zero-order valence-electron chi connectivity index (χ0n) is 10.7. The Hall–Kier alpha value is -2.89. The number of carbonyl (C=O) groups excluding carboxylic acids is 2. The quantitative estimate of drug-likeness (QED) is 0.739. The lowest BCUT2D eigenvalue weighted by Crippen LogP contribution is -2.19. The van der Waals surface area contributed by atoms with E-state index in [0.717, 1.165) is 5.82 Å². The van der Waals surface area contributed by atoms with Gasteiger partial charge in [-0.25, -0.2) is 4.98 Å². The Kier molecular flexibility index (Phi) is 2.83. The number of amides is 2. The highest BCUT2D eigenvalue weighted by Crippen LogP contribution is 2.22. The van der Waals surface area contributed by atoms with Crippen LogP contribution in [0.15, 0.2) is 36.4 Å². The minimum absolute atomic E-state index is 0.355. The second kappa shape index (κ2) is 4.65. The van der Waals surface area contributed by atoms with Gasteiger partial charge in [0.1, 0.15) is 11.6 Å². The minimum atomic E-state index is -0.370. The lowest BCUT2D eigenvalue weighted by Gasteiger charge is -2.08. The second-order valence-corrected chi connectivity index (χ2v) is 4.33. The molecule has 0 fully saturated rings. The zero-order valence-corrected chi connectivity index (χ0v) is 10.7. The molecule has 0 spiro atoms. The maximum absolute atomic E-state index is 11.6. The average Bonchev–Trinajstić information content (AvgIpc) is 2.74. The fourth-order valence-electron chi connectivity index (χ4n) is 2.04. The van der Waals surface area contributed by atoms with Crippen LogP contribution in [0, 0.1) is 0 Å². The van der Waals surface area contributed by atoms with Gasteiger partial charge in [0.15, 0.2) is 0 Å². The number of pyridine rings is 1. The lowest BCUT2D eigenvalue weighted by molar-refractivity contribution is 0.0879. The number of carbonyl (C=O) groups is 2. The van der Waals surface area contributed by atoms with Gasteiger partial charge in [0.2, 0.25) is 0 Å². The normalized spacial score (nSPS) is 12.8. The summed E-state index contributed by atoms with van der Waals surface area (Å²) in [6.45, 7) is 0. The van der Waals surface area contributed by atoms with E-state index in [-0.39, 0.29) is 11.8 Å². The van der Waals surface area contributed by atoms with Crippen molar-refractivity contribution < 1.29 is 9.59 Å². The van der Waals surface area contributed by atoms with E-state index >= 15 is 0 Å². The van der Waals surface area contributed by atoms with Crippen LogP contribution in [0.25, 0.3) is 0 Å². The highest BCUT2D eigenvalue weighted by molar-refractivity contribution is 6.21. The maximum atomic E-state index is 11.6. The summed E-state index contributed by atoms with van der Waals surface area (Å²) >= 11 is 0. The van der Waals surface area contributed by atoms with Crippen molar-refractivity contribution in [2.75, 3.05) is 17.7 Å². The van der Waals surface area contributed by atoms with Crippen molar-refractivity contribution in [1.82, 2.24) is 10.3 Å². The number of anilines is 3. The Balaban J connectivity index is 1.90. The molecule has 1 aromatic carbocycles. The van der Waals surface area contributed by atoms with Crippen LogP contribution < -0.4 is 16.0 Å². The van der Waals surface area contributed by atoms with Crippen LogP contribution in [0.4, 0.5) is 17.3 Å². The zero-order chi connectivity index (χ0) is 14.1. The monoisotopic (exact) mass is 268 g/mol. The maximum Gasteiger partial charge on any atom is 0.259 e. The van der Waals surface area contributed by atoms with Gasteiger partial charge in [-0.05, 0) is 30.3 Å². The van der Waals surface area contributed by atoms with Crippen LogP contribution in [0.2, 0.25) is 0 Å². The average molecular weight is 268 g/mol. The summed E-state index contributed by atoms with van der Waals surface area (Å²) in [4.78, 5) is 27.4. The number of nitrogens with one attached hydrogen (secondary N) is 3. The molecule has 1 aliphatic heterocycles. The summed E-state index contributed by atoms with van der Waals surface area (Å²) in [5.74, 6) is 0.669. The largest absolute Gasteiger partial charge is 0.373 e. The number of imide groups is 1. The summed E-state index contributed by atoms with van der Waals surface area (Å²) in [7, 11) is 1.79. The van der Waals surface area contributed by atoms with Crippen LogP contribution in [0.3, 0.4) is 0 Å². The van der Waals surface area contributed by atoms with Crippen LogP contribution in [-0.4, -0.2) is 23.8 Å². The van der Waals surface area contributed by atoms with Gasteiger partial charge in [-0.3, -0.25) is 14.9 Å². The Labute approximate surface area is 115 Å². The highest BCUT2D eigenvalue weighted by atomic mass is 16.2. The van der Waals surface area contributed by atoms with Gasteiger partial charge in [-0.15, -0.1) is 0 Å². The van der Waals surface area contributed by atoms with E-state index in [0.29, 0.717) is 22.6 Å². The predicted molar refractivity (Wildman–Crippen MR) is 75.3 cm³/mol. The van der Waals surface area contributed by atoms with Crippen LogP contribution in [0.5, 0.6) is 0 Å². The van der Waals surface area contributed by atoms with Crippen molar-refractivity contribution in [2.45, 2.75) is 0 Å². The molecule has 100 valence electrons. The smallest absolute Gasteiger partial charge is 0.259 e. The molecule has 1 aliphatic rings. The molecule has 2 aromatic rings. The number of nitrogens with zero attached hydrogens (tertiary/aromatic N) is 1. The van der Waals surface area contributed by atoms with Crippen LogP contribution in [0.1, 0.15) is 20.7 Å². The van der Waals surface area contributed by atoms with Gasteiger partial charge in [0.25, 0.3) is 11.8 Å². The van der Waals surface area contributed by atoms with Crippen molar-refractivity contribution in [3.63, 3.8) is 0 Å². The molecule has 0 unspecified atom stereocenters. The first-order valence-electron chi connectivity index (χ1n) is 6.09. The van der Waals surface area contributed by atoms with E-state index < -0.39 is 0 Å². The molecular formula is C14H12N4O2. The third-order valence-corrected chi connectivity index (χ3v) is 3.01. The number of benzene rings is 1. The molecule has 0 aliphatic carbocycles. The highest BCUT2D eigenvalue weighted by Gasteiger charge is 2.26. The standard InChI is InChI=1S/C14H12N4O2/c1-15-11-3-2-4-12(17-11)16-8-5-6-9-10(7-8)14(20)18-13(9)19/h2-7H,1H3,(H2,15,16,17)(H,18,19,20). The summed E-state index contributed by atoms with van der Waals surface area (Å²) in [6.07, 6.45) is 0. The summed E-state index contributed by atoms with van der Waals surface area (Å²) in [6, 6.07) is 10.5. The lowest BCUT2D eigenvalue weighted by atomic mass is 10.1. The van der Waals surface area contributed by atoms with Crippen LogP contribution in [-0.2, 0) is 0 Å². The molecule has 1 aromatic heterocycles. The fraction of sp³-hybridized carbons (Fsp3) is 0.0714. The van der Waals surface area contributed by atoms with E-state index in [2.05, 4.69) is 20.9 Å². The van der Waals surface area contributed by atoms with Crippen molar-refractivity contribution in [3.8, 4) is 0 Å². The number of fused-ring (bicyclic) bond motifs is 1. The molecule has 0 saturated heterocycles. The van der Waals surface area contributed by atoms with Gasteiger partial charge in [-0.1, -0.05) is 6.07 Å². The molecule has 2 amide bonds. The predicted octanol–water partition coefficient (Wildman–Crippen LogP) is 1.75. The summed E-state index contributed by atoms with van der Waals surface area (Å²) in [5, 5.41) is 8.31. The Morgan fingerprint density at radius 1 is 1.00 bits per heavy atom. The van der Waals surface area contributed by atoms with E-state index in [9.17, 15) is 9.59 Å². The third-order valence-electron chi connectivity index (χ3n) is 3.01. The molecule has 0 bridgehead atoms. The number of aromatic nitrogens is 1. The molecule has 2 heterocycles. The molecule has 0 saturated carbocycles. The Morgan fingerprint density at radius 3 is 2.55 bits per heavy atom. The topological polar surface area (TPSA) is 83.1 Å². The van der Waals surface area contributed by atoms with Crippen molar-refractivity contribution in [2.24, 2.45) is 0 Å². The third kappa shape index (κ3) is 2.07. The fourth-order valence-corrected chi connectivity index (χ4v) is 2.04. The van der Waals surface area contributed by atoms with Gasteiger partial charge >= 0.3 is 0 Å². The first kappa shape index (κ1) is 12.2. The van der Waals surface area contributed by atoms with Crippen molar-refractivity contribution in [3.05, 3.63) is 47.5 Å². The first-order chi connectivity index (χ1) is 9.67. The molecule has 20 heavy (non-hydrogen) atoms. The van der Waals surface area contributed by atoms with Gasteiger partial charge < -0.3 is 10.6 Å². The second-order valence-electron chi connectivity index (χ2n) is 4.33.